The number of amides is 1. The van der Waals surface area contributed by atoms with Gasteiger partial charge in [0.05, 0.1) is 13.2 Å². The summed E-state index contributed by atoms with van der Waals surface area (Å²) in [4.78, 5) is 32.2. The number of para-hydroxylation sites is 1. The zero-order valence-corrected chi connectivity index (χ0v) is 15.2. The van der Waals surface area contributed by atoms with Crippen molar-refractivity contribution in [3.63, 3.8) is 0 Å². The minimum Gasteiger partial charge on any atom is -0.464 e. The fourth-order valence-corrected chi connectivity index (χ4v) is 2.84. The summed E-state index contributed by atoms with van der Waals surface area (Å²) in [5.41, 5.74) is 2.00. The number of carbonyl (C=O) groups is 2. The number of aromatic nitrogens is 2. The van der Waals surface area contributed by atoms with Crippen LogP contribution in [0.1, 0.15) is 28.9 Å². The number of H-pyrrole nitrogens is 1. The van der Waals surface area contributed by atoms with Gasteiger partial charge in [0.1, 0.15) is 12.3 Å². The maximum Gasteiger partial charge on any atom is 0.328 e. The highest BCUT2D eigenvalue weighted by Crippen LogP contribution is 2.19. The molecule has 3 aromatic rings. The molecule has 0 fully saturated rings. The van der Waals surface area contributed by atoms with E-state index in [0.29, 0.717) is 18.9 Å². The largest absolute Gasteiger partial charge is 0.464 e. The van der Waals surface area contributed by atoms with Gasteiger partial charge in [0.2, 0.25) is 5.89 Å². The number of esters is 1. The van der Waals surface area contributed by atoms with Gasteiger partial charge >= 0.3 is 5.97 Å². The zero-order valence-electron chi connectivity index (χ0n) is 15.2. The third kappa shape index (κ3) is 4.35. The Labute approximate surface area is 156 Å². The number of benzene rings is 1. The van der Waals surface area contributed by atoms with Crippen LogP contribution in [0.15, 0.2) is 41.1 Å². The van der Waals surface area contributed by atoms with Crippen LogP contribution < -0.4 is 10.6 Å². The Balaban J connectivity index is 1.78. The second-order valence-corrected chi connectivity index (χ2v) is 6.00. The molecule has 2 aromatic heterocycles. The summed E-state index contributed by atoms with van der Waals surface area (Å²) in [6.45, 7) is 2.36. The minimum atomic E-state index is -0.832. The van der Waals surface area contributed by atoms with Crippen molar-refractivity contribution in [2.75, 3.05) is 13.7 Å². The number of nitrogens with zero attached hydrogens (tertiary/aromatic N) is 1. The number of hydrogen-bond acceptors (Lipinski definition) is 6. The molecule has 0 aliphatic rings. The molecule has 1 atom stereocenters. The van der Waals surface area contributed by atoms with Crippen LogP contribution in [-0.4, -0.2) is 41.5 Å². The van der Waals surface area contributed by atoms with Crippen LogP contribution in [0.2, 0.25) is 0 Å². The summed E-state index contributed by atoms with van der Waals surface area (Å²) in [5, 5.41) is 6.60. The Bertz CT molecular complexity index is 931. The van der Waals surface area contributed by atoms with Crippen molar-refractivity contribution >= 4 is 22.8 Å². The Kier molecular flexibility index (Phi) is 5.87. The molecule has 0 radical (unpaired) electrons. The van der Waals surface area contributed by atoms with E-state index in [1.54, 1.807) is 14.0 Å². The summed E-state index contributed by atoms with van der Waals surface area (Å²) in [5.74, 6) is -0.582. The van der Waals surface area contributed by atoms with E-state index >= 15 is 0 Å². The van der Waals surface area contributed by atoms with Crippen molar-refractivity contribution < 1.29 is 18.7 Å². The molecule has 27 heavy (non-hydrogen) atoms. The molecule has 0 spiro atoms. The Hall–Kier alpha value is -3.13. The highest BCUT2D eigenvalue weighted by atomic mass is 16.5. The molecule has 0 aliphatic heterocycles. The van der Waals surface area contributed by atoms with Crippen LogP contribution in [0.4, 0.5) is 0 Å². The van der Waals surface area contributed by atoms with Gasteiger partial charge < -0.3 is 24.8 Å². The molecule has 1 aromatic carbocycles. The number of aromatic amines is 1. The maximum absolute atomic E-state index is 12.5. The topological polar surface area (TPSA) is 109 Å². The van der Waals surface area contributed by atoms with Crippen molar-refractivity contribution in [3.05, 3.63) is 53.9 Å². The lowest BCUT2D eigenvalue weighted by Gasteiger charge is -2.16. The van der Waals surface area contributed by atoms with Crippen LogP contribution in [0.25, 0.3) is 10.9 Å². The van der Waals surface area contributed by atoms with E-state index in [-0.39, 0.29) is 12.3 Å². The third-order valence-corrected chi connectivity index (χ3v) is 4.09. The first-order valence-corrected chi connectivity index (χ1v) is 8.73. The first kappa shape index (κ1) is 18.7. The van der Waals surface area contributed by atoms with Gasteiger partial charge in [-0.25, -0.2) is 9.78 Å². The fraction of sp³-hybridized carbons (Fsp3) is 0.316. The summed E-state index contributed by atoms with van der Waals surface area (Å²) >= 11 is 0. The van der Waals surface area contributed by atoms with Gasteiger partial charge in [0, 0.05) is 23.5 Å². The predicted octanol–water partition coefficient (Wildman–Crippen LogP) is 1.78. The lowest BCUT2D eigenvalue weighted by molar-refractivity contribution is -0.145. The van der Waals surface area contributed by atoms with Crippen molar-refractivity contribution in [1.82, 2.24) is 20.6 Å². The Morgan fingerprint density at radius 3 is 2.93 bits per heavy atom. The van der Waals surface area contributed by atoms with Gasteiger partial charge in [-0.1, -0.05) is 18.2 Å². The van der Waals surface area contributed by atoms with Gasteiger partial charge in [-0.3, -0.25) is 4.79 Å². The van der Waals surface area contributed by atoms with Gasteiger partial charge in [-0.2, -0.15) is 0 Å². The predicted molar refractivity (Wildman–Crippen MR) is 99.2 cm³/mol. The van der Waals surface area contributed by atoms with Gasteiger partial charge in [-0.05, 0) is 25.6 Å². The van der Waals surface area contributed by atoms with Crippen molar-refractivity contribution in [1.29, 1.82) is 0 Å². The molecular formula is C19H22N4O4. The first-order valence-electron chi connectivity index (χ1n) is 8.73. The maximum atomic E-state index is 12.5. The van der Waals surface area contributed by atoms with Gasteiger partial charge in [0.15, 0.2) is 5.69 Å². The lowest BCUT2D eigenvalue weighted by Crippen LogP contribution is -2.43. The summed E-state index contributed by atoms with van der Waals surface area (Å²) < 4.78 is 10.4. The molecule has 2 heterocycles. The highest BCUT2D eigenvalue weighted by Gasteiger charge is 2.25. The Morgan fingerprint density at radius 2 is 2.15 bits per heavy atom. The SMILES string of the molecule is CCOC(=O)C(Cc1c[nH]c2ccccc12)NC(=O)c1coc(CNC)n1. The number of carbonyl (C=O) groups excluding carboxylic acids is 2. The van der Waals surface area contributed by atoms with Crippen LogP contribution in [0.5, 0.6) is 0 Å². The second-order valence-electron chi connectivity index (χ2n) is 6.00. The summed E-state index contributed by atoms with van der Waals surface area (Å²) in [6, 6.07) is 6.94. The second kappa shape index (κ2) is 8.50. The lowest BCUT2D eigenvalue weighted by atomic mass is 10.0. The smallest absolute Gasteiger partial charge is 0.328 e. The number of hydrogen-bond donors (Lipinski definition) is 3. The number of rotatable bonds is 8. The van der Waals surface area contributed by atoms with E-state index in [4.69, 9.17) is 9.15 Å². The fourth-order valence-electron chi connectivity index (χ4n) is 2.84. The highest BCUT2D eigenvalue weighted by molar-refractivity contribution is 5.95. The van der Waals surface area contributed by atoms with E-state index in [2.05, 4.69) is 20.6 Å². The molecule has 0 saturated carbocycles. The molecule has 0 aliphatic carbocycles. The van der Waals surface area contributed by atoms with E-state index in [1.165, 1.54) is 6.26 Å². The Morgan fingerprint density at radius 1 is 1.33 bits per heavy atom. The average molecular weight is 370 g/mol. The standard InChI is InChI=1S/C19H22N4O4/c1-3-26-19(25)15(8-12-9-21-14-7-5-4-6-13(12)14)23-18(24)16-11-27-17(22-16)10-20-2/h4-7,9,11,15,20-21H,3,8,10H2,1-2H3,(H,23,24). The molecule has 8 heteroatoms. The number of oxazole rings is 1. The van der Waals surface area contributed by atoms with Gasteiger partial charge in [-0.15, -0.1) is 0 Å². The molecule has 8 nitrogen and oxygen atoms in total. The molecule has 0 bridgehead atoms. The molecule has 1 unspecified atom stereocenters. The summed E-state index contributed by atoms with van der Waals surface area (Å²) in [7, 11) is 1.75. The van der Waals surface area contributed by atoms with Crippen LogP contribution in [-0.2, 0) is 22.5 Å². The molecule has 3 N–H and O–H groups in total. The van der Waals surface area contributed by atoms with E-state index in [1.807, 2.05) is 30.5 Å². The molecule has 142 valence electrons. The molecule has 1 amide bonds. The average Bonchev–Trinajstić information content (AvgIpc) is 3.29. The van der Waals surface area contributed by atoms with Gasteiger partial charge in [0.25, 0.3) is 5.91 Å². The number of ether oxygens (including phenoxy) is 1. The van der Waals surface area contributed by atoms with E-state index in [9.17, 15) is 9.59 Å². The first-order chi connectivity index (χ1) is 13.1. The monoisotopic (exact) mass is 370 g/mol. The summed E-state index contributed by atoms with van der Waals surface area (Å²) in [6.07, 6.45) is 3.41. The zero-order chi connectivity index (χ0) is 19.2. The van der Waals surface area contributed by atoms with Crippen LogP contribution in [0, 0.1) is 0 Å². The molecular weight excluding hydrogens is 348 g/mol. The normalized spacial score (nSPS) is 12.1. The van der Waals surface area contributed by atoms with Crippen molar-refractivity contribution in [2.45, 2.75) is 25.9 Å². The van der Waals surface area contributed by atoms with E-state index < -0.39 is 17.9 Å². The quantitative estimate of drug-likeness (QED) is 0.522. The third-order valence-electron chi connectivity index (χ3n) is 4.09. The van der Waals surface area contributed by atoms with Crippen molar-refractivity contribution in [3.8, 4) is 0 Å². The number of fused-ring (bicyclic) bond motifs is 1. The van der Waals surface area contributed by atoms with Crippen LogP contribution >= 0.6 is 0 Å². The number of nitrogens with one attached hydrogen (secondary N) is 3. The van der Waals surface area contributed by atoms with Crippen molar-refractivity contribution in [2.24, 2.45) is 0 Å². The van der Waals surface area contributed by atoms with E-state index in [0.717, 1.165) is 16.5 Å². The molecule has 0 saturated heterocycles. The van der Waals surface area contributed by atoms with Crippen LogP contribution in [0.3, 0.4) is 0 Å². The minimum absolute atomic E-state index is 0.119. The molecule has 3 rings (SSSR count).